The molecule has 0 saturated carbocycles. The third kappa shape index (κ3) is 3.18. The first-order valence-corrected chi connectivity index (χ1v) is 8.24. The molecule has 1 aromatic heterocycles. The minimum absolute atomic E-state index is 0.0448. The molecule has 0 aliphatic carbocycles. The highest BCUT2D eigenvalue weighted by atomic mass is 16.5. The number of hydrogen-bond donors (Lipinski definition) is 0. The van der Waals surface area contributed by atoms with Gasteiger partial charge in [-0.25, -0.2) is 4.79 Å². The highest BCUT2D eigenvalue weighted by Gasteiger charge is 2.31. The van der Waals surface area contributed by atoms with E-state index in [1.54, 1.807) is 11.8 Å². The van der Waals surface area contributed by atoms with Gasteiger partial charge in [0.1, 0.15) is 0 Å². The molecule has 126 valence electrons. The number of piperidine rings is 1. The summed E-state index contributed by atoms with van der Waals surface area (Å²) in [6.07, 6.45) is 3.08. The first-order chi connectivity index (χ1) is 11.7. The number of ether oxygens (including phenoxy) is 1. The molecule has 0 radical (unpaired) electrons. The molecule has 0 unspecified atom stereocenters. The maximum absolute atomic E-state index is 12.8. The molecule has 0 spiro atoms. The van der Waals surface area contributed by atoms with Crippen LogP contribution in [0.1, 0.15) is 47.2 Å². The summed E-state index contributed by atoms with van der Waals surface area (Å²) in [5.74, 6) is -0.708. The molecule has 0 N–H and O–H groups in total. The van der Waals surface area contributed by atoms with E-state index in [0.29, 0.717) is 24.2 Å². The number of carbonyl (C=O) groups excluding carboxylic acids is 2. The lowest BCUT2D eigenvalue weighted by Gasteiger charge is -2.25. The zero-order chi connectivity index (χ0) is 16.9. The second-order valence-electron chi connectivity index (χ2n) is 5.67. The van der Waals surface area contributed by atoms with E-state index in [1.807, 2.05) is 30.3 Å². The smallest absolute Gasteiger partial charge is 0.361 e. The second kappa shape index (κ2) is 7.29. The van der Waals surface area contributed by atoms with Crippen LogP contribution in [0, 0.1) is 0 Å². The predicted molar refractivity (Wildman–Crippen MR) is 87.7 cm³/mol. The monoisotopic (exact) mass is 328 g/mol. The Morgan fingerprint density at radius 3 is 2.54 bits per heavy atom. The van der Waals surface area contributed by atoms with Crippen molar-refractivity contribution >= 4 is 11.9 Å². The van der Waals surface area contributed by atoms with E-state index in [-0.39, 0.29) is 24.0 Å². The van der Waals surface area contributed by atoms with Crippen LogP contribution in [0.5, 0.6) is 0 Å². The Bertz CT molecular complexity index is 718. The maximum atomic E-state index is 12.8. The van der Waals surface area contributed by atoms with Crippen LogP contribution in [0.4, 0.5) is 0 Å². The zero-order valence-corrected chi connectivity index (χ0v) is 13.7. The molecule has 2 heterocycles. The van der Waals surface area contributed by atoms with Crippen molar-refractivity contribution in [2.24, 2.45) is 0 Å². The summed E-state index contributed by atoms with van der Waals surface area (Å²) >= 11 is 0. The normalized spacial score (nSPS) is 14.5. The van der Waals surface area contributed by atoms with Gasteiger partial charge >= 0.3 is 5.97 Å². The van der Waals surface area contributed by atoms with Crippen molar-refractivity contribution in [3.63, 3.8) is 0 Å². The molecule has 1 amide bonds. The van der Waals surface area contributed by atoms with Gasteiger partial charge in [-0.05, 0) is 31.7 Å². The first-order valence-electron chi connectivity index (χ1n) is 8.24. The van der Waals surface area contributed by atoms with E-state index in [9.17, 15) is 9.59 Å². The van der Waals surface area contributed by atoms with Crippen LogP contribution in [-0.2, 0) is 4.74 Å². The van der Waals surface area contributed by atoms with Crippen molar-refractivity contribution in [2.75, 3.05) is 19.7 Å². The van der Waals surface area contributed by atoms with Crippen molar-refractivity contribution in [3.8, 4) is 11.1 Å². The lowest BCUT2D eigenvalue weighted by atomic mass is 10.0. The Morgan fingerprint density at radius 2 is 1.88 bits per heavy atom. The molecule has 24 heavy (non-hydrogen) atoms. The Labute approximate surface area is 140 Å². The van der Waals surface area contributed by atoms with Gasteiger partial charge in [0.05, 0.1) is 12.2 Å². The Kier molecular flexibility index (Phi) is 4.93. The van der Waals surface area contributed by atoms with Gasteiger partial charge in [-0.2, -0.15) is 0 Å². The van der Waals surface area contributed by atoms with Crippen molar-refractivity contribution in [1.82, 2.24) is 10.1 Å². The van der Waals surface area contributed by atoms with Crippen molar-refractivity contribution in [2.45, 2.75) is 26.2 Å². The van der Waals surface area contributed by atoms with Crippen molar-refractivity contribution < 1.29 is 18.8 Å². The first kappa shape index (κ1) is 16.2. The summed E-state index contributed by atoms with van der Waals surface area (Å²) in [6.45, 7) is 3.35. The molecule has 6 heteroatoms. The number of likely N-dealkylation sites (tertiary alicyclic amines) is 1. The Morgan fingerprint density at radius 1 is 1.17 bits per heavy atom. The van der Waals surface area contributed by atoms with Gasteiger partial charge in [0.2, 0.25) is 5.76 Å². The average molecular weight is 328 g/mol. The third-order valence-electron chi connectivity index (χ3n) is 4.06. The molecule has 3 rings (SSSR count). The summed E-state index contributed by atoms with van der Waals surface area (Å²) in [6, 6.07) is 9.19. The predicted octanol–water partition coefficient (Wildman–Crippen LogP) is 3.14. The molecule has 0 atom stereocenters. The molecule has 6 nitrogen and oxygen atoms in total. The molecule has 1 aliphatic heterocycles. The van der Waals surface area contributed by atoms with Gasteiger partial charge in [-0.15, -0.1) is 0 Å². The highest BCUT2D eigenvalue weighted by molar-refractivity contribution is 6.04. The summed E-state index contributed by atoms with van der Waals surface area (Å²) in [4.78, 5) is 26.8. The molecule has 2 aromatic rings. The Balaban J connectivity index is 2.02. The van der Waals surface area contributed by atoms with Crippen LogP contribution < -0.4 is 0 Å². The van der Waals surface area contributed by atoms with Gasteiger partial charge in [0.15, 0.2) is 5.69 Å². The van der Waals surface area contributed by atoms with Gasteiger partial charge in [0, 0.05) is 13.1 Å². The number of amides is 1. The summed E-state index contributed by atoms with van der Waals surface area (Å²) in [5, 5.41) is 3.83. The maximum Gasteiger partial charge on any atom is 0.361 e. The quantitative estimate of drug-likeness (QED) is 0.806. The van der Waals surface area contributed by atoms with Crippen LogP contribution in [0.25, 0.3) is 11.1 Å². The number of nitrogens with zero attached hydrogens (tertiary/aromatic N) is 2. The second-order valence-corrected chi connectivity index (χ2v) is 5.67. The van der Waals surface area contributed by atoms with Gasteiger partial charge in [0.25, 0.3) is 5.91 Å². The number of hydrogen-bond acceptors (Lipinski definition) is 5. The number of benzene rings is 1. The summed E-state index contributed by atoms with van der Waals surface area (Å²) < 4.78 is 10.3. The largest absolute Gasteiger partial charge is 0.461 e. The topological polar surface area (TPSA) is 72.6 Å². The van der Waals surface area contributed by atoms with E-state index in [1.165, 1.54) is 0 Å². The number of rotatable bonds is 4. The highest BCUT2D eigenvalue weighted by Crippen LogP contribution is 2.30. The molecule has 1 fully saturated rings. The van der Waals surface area contributed by atoms with Crippen LogP contribution >= 0.6 is 0 Å². The van der Waals surface area contributed by atoms with E-state index in [0.717, 1.165) is 19.3 Å². The summed E-state index contributed by atoms with van der Waals surface area (Å²) in [7, 11) is 0. The van der Waals surface area contributed by atoms with Crippen LogP contribution in [-0.4, -0.2) is 41.6 Å². The van der Waals surface area contributed by atoms with E-state index < -0.39 is 5.97 Å². The van der Waals surface area contributed by atoms with E-state index in [2.05, 4.69) is 5.16 Å². The van der Waals surface area contributed by atoms with Gasteiger partial charge < -0.3 is 14.2 Å². The molecule has 0 bridgehead atoms. The molecular formula is C18H20N2O4. The number of esters is 1. The summed E-state index contributed by atoms with van der Waals surface area (Å²) in [5.41, 5.74) is 1.16. The third-order valence-corrected chi connectivity index (χ3v) is 4.06. The SMILES string of the molecule is CCOC(=O)c1noc(C(=O)N2CCCCC2)c1-c1ccccc1. The fourth-order valence-electron chi connectivity index (χ4n) is 2.89. The van der Waals surface area contributed by atoms with E-state index >= 15 is 0 Å². The Hall–Kier alpha value is -2.63. The van der Waals surface area contributed by atoms with Gasteiger partial charge in [-0.3, -0.25) is 4.79 Å². The average Bonchev–Trinajstić information content (AvgIpc) is 3.08. The molecule has 1 saturated heterocycles. The lowest BCUT2D eigenvalue weighted by molar-refractivity contribution is 0.0513. The zero-order valence-electron chi connectivity index (χ0n) is 13.7. The standard InChI is InChI=1S/C18H20N2O4/c1-2-23-18(22)15-14(13-9-5-3-6-10-13)16(24-19-15)17(21)20-11-7-4-8-12-20/h3,5-6,9-10H,2,4,7-8,11-12H2,1H3. The molecular weight excluding hydrogens is 308 g/mol. The van der Waals surface area contributed by atoms with Crippen LogP contribution in [0.15, 0.2) is 34.9 Å². The van der Waals surface area contributed by atoms with Crippen molar-refractivity contribution in [1.29, 1.82) is 0 Å². The van der Waals surface area contributed by atoms with Gasteiger partial charge in [-0.1, -0.05) is 35.5 Å². The minimum Gasteiger partial charge on any atom is -0.461 e. The number of carbonyl (C=O) groups is 2. The van der Waals surface area contributed by atoms with Crippen LogP contribution in [0.2, 0.25) is 0 Å². The fourth-order valence-corrected chi connectivity index (χ4v) is 2.89. The number of aromatic nitrogens is 1. The minimum atomic E-state index is -0.585. The van der Waals surface area contributed by atoms with E-state index in [4.69, 9.17) is 9.26 Å². The molecule has 1 aliphatic rings. The fraction of sp³-hybridized carbons (Fsp3) is 0.389. The molecule has 1 aromatic carbocycles. The van der Waals surface area contributed by atoms with Crippen LogP contribution in [0.3, 0.4) is 0 Å². The lowest BCUT2D eigenvalue weighted by Crippen LogP contribution is -2.35. The van der Waals surface area contributed by atoms with Crippen molar-refractivity contribution in [3.05, 3.63) is 41.8 Å².